The molecule has 0 saturated carbocycles. The Morgan fingerprint density at radius 3 is 2.33 bits per heavy atom. The summed E-state index contributed by atoms with van der Waals surface area (Å²) in [6, 6.07) is 4.08. The molecule has 1 heterocycles. The fourth-order valence-electron chi connectivity index (χ4n) is 2.59. The van der Waals surface area contributed by atoms with E-state index in [0.29, 0.717) is 0 Å². The van der Waals surface area contributed by atoms with Gasteiger partial charge in [-0.15, -0.1) is 11.8 Å². The minimum atomic E-state index is 0.0789. The molecule has 1 aromatic heterocycles. The second-order valence-electron chi connectivity index (χ2n) is 6.28. The van der Waals surface area contributed by atoms with Crippen molar-refractivity contribution in [3.8, 4) is 11.8 Å². The van der Waals surface area contributed by atoms with Crippen LogP contribution in [0.1, 0.15) is 76.7 Å². The number of pyridine rings is 1. The van der Waals surface area contributed by atoms with Crippen LogP contribution in [0.15, 0.2) is 24.5 Å². The van der Waals surface area contributed by atoms with Gasteiger partial charge in [0, 0.05) is 38.7 Å². The highest BCUT2D eigenvalue weighted by Gasteiger charge is 1.93. The molecule has 0 aliphatic carbocycles. The maximum Gasteiger partial charge on any atom is 0.216 e. The van der Waals surface area contributed by atoms with Crippen molar-refractivity contribution in [1.29, 1.82) is 0 Å². The number of nitrogens with zero attached hydrogens (tertiary/aromatic N) is 1. The van der Waals surface area contributed by atoms with Gasteiger partial charge in [0.05, 0.1) is 0 Å². The highest BCUT2D eigenvalue weighted by Crippen LogP contribution is 2.09. The largest absolute Gasteiger partial charge is 0.356 e. The number of nitrogens with one attached hydrogen (secondary N) is 1. The van der Waals surface area contributed by atoms with Crippen molar-refractivity contribution < 1.29 is 4.79 Å². The van der Waals surface area contributed by atoms with Crippen LogP contribution in [-0.2, 0) is 11.2 Å². The normalized spacial score (nSPS) is 10.0. The van der Waals surface area contributed by atoms with Crippen molar-refractivity contribution in [2.45, 2.75) is 77.6 Å². The molecule has 0 atom stereocenters. The number of aryl methyl sites for hydroxylation is 1. The molecule has 0 unspecified atom stereocenters. The number of unbranched alkanes of at least 4 members (excludes halogenated alkanes) is 8. The molecule has 0 saturated heterocycles. The third-order valence-electron chi connectivity index (χ3n) is 3.99. The Morgan fingerprint density at radius 2 is 1.67 bits per heavy atom. The Labute approximate surface area is 147 Å². The summed E-state index contributed by atoms with van der Waals surface area (Å²) in [4.78, 5) is 14.8. The predicted molar refractivity (Wildman–Crippen MR) is 101 cm³/mol. The Bertz CT molecular complexity index is 488. The first-order valence-electron chi connectivity index (χ1n) is 9.38. The van der Waals surface area contributed by atoms with Gasteiger partial charge in [-0.25, -0.2) is 0 Å². The lowest BCUT2D eigenvalue weighted by molar-refractivity contribution is -0.118. The average molecular weight is 328 g/mol. The molecule has 1 amide bonds. The lowest BCUT2D eigenvalue weighted by Crippen LogP contribution is -2.20. The minimum absolute atomic E-state index is 0.0789. The second-order valence-corrected chi connectivity index (χ2v) is 6.28. The number of aromatic nitrogens is 1. The molecule has 132 valence electrons. The standard InChI is InChI=1S/C21H32N2O/c1-20(24)23-18-13-11-9-7-5-3-2-4-6-8-10-12-15-21-16-14-17-22-19-21/h14,16-17,19H,2-7,9,11-13,15,18H2,1H3,(H,23,24). The highest BCUT2D eigenvalue weighted by atomic mass is 16.1. The van der Waals surface area contributed by atoms with Crippen molar-refractivity contribution in [2.75, 3.05) is 6.54 Å². The molecule has 0 radical (unpaired) electrons. The molecular formula is C21H32N2O. The van der Waals surface area contributed by atoms with Gasteiger partial charge in [0.15, 0.2) is 0 Å². The van der Waals surface area contributed by atoms with E-state index in [2.05, 4.69) is 28.2 Å². The van der Waals surface area contributed by atoms with Gasteiger partial charge < -0.3 is 5.32 Å². The van der Waals surface area contributed by atoms with Crippen molar-refractivity contribution in [3.05, 3.63) is 30.1 Å². The number of hydrogen-bond donors (Lipinski definition) is 1. The number of hydrogen-bond acceptors (Lipinski definition) is 2. The van der Waals surface area contributed by atoms with Crippen LogP contribution in [0.3, 0.4) is 0 Å². The van der Waals surface area contributed by atoms with Crippen LogP contribution in [0.2, 0.25) is 0 Å². The van der Waals surface area contributed by atoms with Gasteiger partial charge in [-0.05, 0) is 30.9 Å². The SMILES string of the molecule is CC(=O)NCCCCCCCCCCC#CCCc1cccnc1. The number of rotatable bonds is 12. The predicted octanol–water partition coefficient (Wildman–Crippen LogP) is 4.66. The van der Waals surface area contributed by atoms with E-state index in [9.17, 15) is 4.79 Å². The van der Waals surface area contributed by atoms with Crippen molar-refractivity contribution in [3.63, 3.8) is 0 Å². The molecular weight excluding hydrogens is 296 g/mol. The molecule has 0 spiro atoms. The molecule has 0 bridgehead atoms. The van der Waals surface area contributed by atoms with Crippen LogP contribution in [0.25, 0.3) is 0 Å². The van der Waals surface area contributed by atoms with E-state index >= 15 is 0 Å². The van der Waals surface area contributed by atoms with E-state index in [1.54, 1.807) is 13.1 Å². The molecule has 0 aliphatic rings. The molecule has 1 N–H and O–H groups in total. The molecule has 24 heavy (non-hydrogen) atoms. The quantitative estimate of drug-likeness (QED) is 0.448. The Balaban J connectivity index is 1.81. The van der Waals surface area contributed by atoms with E-state index in [1.807, 2.05) is 12.3 Å². The first-order chi connectivity index (χ1) is 11.8. The summed E-state index contributed by atoms with van der Waals surface area (Å²) < 4.78 is 0. The monoisotopic (exact) mass is 328 g/mol. The third kappa shape index (κ3) is 12.7. The first-order valence-corrected chi connectivity index (χ1v) is 9.38. The van der Waals surface area contributed by atoms with Gasteiger partial charge >= 0.3 is 0 Å². The molecule has 1 aromatic rings. The fraction of sp³-hybridized carbons (Fsp3) is 0.619. The minimum Gasteiger partial charge on any atom is -0.356 e. The highest BCUT2D eigenvalue weighted by molar-refractivity contribution is 5.72. The van der Waals surface area contributed by atoms with Crippen LogP contribution in [0, 0.1) is 11.8 Å². The van der Waals surface area contributed by atoms with Gasteiger partial charge in [-0.3, -0.25) is 9.78 Å². The average Bonchev–Trinajstić information content (AvgIpc) is 2.59. The van der Waals surface area contributed by atoms with Crippen molar-refractivity contribution >= 4 is 5.91 Å². The van der Waals surface area contributed by atoms with E-state index < -0.39 is 0 Å². The van der Waals surface area contributed by atoms with Crippen LogP contribution < -0.4 is 5.32 Å². The third-order valence-corrected chi connectivity index (χ3v) is 3.99. The van der Waals surface area contributed by atoms with Gasteiger partial charge in [0.2, 0.25) is 5.91 Å². The molecule has 0 aromatic carbocycles. The fourth-order valence-corrected chi connectivity index (χ4v) is 2.59. The van der Waals surface area contributed by atoms with Gasteiger partial charge in [0.25, 0.3) is 0 Å². The molecule has 3 heteroatoms. The zero-order valence-electron chi connectivity index (χ0n) is 15.2. The topological polar surface area (TPSA) is 42.0 Å². The maximum atomic E-state index is 10.7. The summed E-state index contributed by atoms with van der Waals surface area (Å²) in [6.07, 6.45) is 16.8. The molecule has 1 rings (SSSR count). The van der Waals surface area contributed by atoms with E-state index in [-0.39, 0.29) is 5.91 Å². The summed E-state index contributed by atoms with van der Waals surface area (Å²) in [5.74, 6) is 6.63. The van der Waals surface area contributed by atoms with Crippen molar-refractivity contribution in [2.24, 2.45) is 0 Å². The number of amides is 1. The lowest BCUT2D eigenvalue weighted by atomic mass is 10.1. The summed E-state index contributed by atoms with van der Waals surface area (Å²) in [5, 5.41) is 2.84. The molecule has 3 nitrogen and oxygen atoms in total. The number of carbonyl (C=O) groups excluding carboxylic acids is 1. The zero-order valence-corrected chi connectivity index (χ0v) is 15.2. The van der Waals surface area contributed by atoms with Gasteiger partial charge in [-0.1, -0.05) is 44.6 Å². The Morgan fingerprint density at radius 1 is 1.00 bits per heavy atom. The summed E-state index contributed by atoms with van der Waals surface area (Å²) in [6.45, 7) is 2.40. The van der Waals surface area contributed by atoms with E-state index in [0.717, 1.165) is 32.2 Å². The van der Waals surface area contributed by atoms with Crippen LogP contribution in [0.4, 0.5) is 0 Å². The smallest absolute Gasteiger partial charge is 0.216 e. The Hall–Kier alpha value is -1.82. The number of carbonyl (C=O) groups is 1. The van der Waals surface area contributed by atoms with Crippen molar-refractivity contribution in [1.82, 2.24) is 10.3 Å². The van der Waals surface area contributed by atoms with Gasteiger partial charge in [-0.2, -0.15) is 0 Å². The summed E-state index contributed by atoms with van der Waals surface area (Å²) in [7, 11) is 0. The van der Waals surface area contributed by atoms with Crippen LogP contribution in [-0.4, -0.2) is 17.4 Å². The second kappa shape index (κ2) is 14.8. The van der Waals surface area contributed by atoms with Gasteiger partial charge in [0.1, 0.15) is 0 Å². The molecule has 0 aliphatic heterocycles. The van der Waals surface area contributed by atoms with E-state index in [1.165, 1.54) is 50.5 Å². The maximum absolute atomic E-state index is 10.7. The Kier molecular flexibility index (Phi) is 12.4. The molecule has 0 fully saturated rings. The zero-order chi connectivity index (χ0) is 17.3. The van der Waals surface area contributed by atoms with Crippen LogP contribution >= 0.6 is 0 Å². The van der Waals surface area contributed by atoms with Crippen LogP contribution in [0.5, 0.6) is 0 Å². The van der Waals surface area contributed by atoms with E-state index in [4.69, 9.17) is 0 Å². The first kappa shape index (κ1) is 20.2. The summed E-state index contributed by atoms with van der Waals surface area (Å²) >= 11 is 0. The summed E-state index contributed by atoms with van der Waals surface area (Å²) in [5.41, 5.74) is 1.27. The lowest BCUT2D eigenvalue weighted by Gasteiger charge is -2.02.